The molecule has 0 fully saturated rings. The zero-order valence-corrected chi connectivity index (χ0v) is 15.0. The van der Waals surface area contributed by atoms with Crippen molar-refractivity contribution in [3.8, 4) is 5.75 Å². The third-order valence-corrected chi connectivity index (χ3v) is 4.50. The Morgan fingerprint density at radius 2 is 2.09 bits per heavy atom. The summed E-state index contributed by atoms with van der Waals surface area (Å²) in [4.78, 5) is 18.3. The lowest BCUT2D eigenvalue weighted by Gasteiger charge is -2.15. The summed E-state index contributed by atoms with van der Waals surface area (Å²) in [6, 6.07) is 7.22. The summed E-state index contributed by atoms with van der Waals surface area (Å²) in [7, 11) is 1.84. The number of nitrogens with zero attached hydrogens (tertiary/aromatic N) is 2. The Kier molecular flexibility index (Phi) is 6.86. The quantitative estimate of drug-likeness (QED) is 0.715. The van der Waals surface area contributed by atoms with Crippen LogP contribution in [0.2, 0.25) is 5.02 Å². The molecule has 0 unspecified atom stereocenters. The van der Waals surface area contributed by atoms with Crippen LogP contribution >= 0.6 is 22.9 Å². The third-order valence-electron chi connectivity index (χ3n) is 3.38. The van der Waals surface area contributed by atoms with Gasteiger partial charge in [0.15, 0.2) is 0 Å². The van der Waals surface area contributed by atoms with E-state index < -0.39 is 0 Å². The highest BCUT2D eigenvalue weighted by Crippen LogP contribution is 2.18. The molecule has 0 saturated heterocycles. The first-order valence-corrected chi connectivity index (χ1v) is 8.90. The lowest BCUT2D eigenvalue weighted by atomic mass is 10.2. The first-order valence-electron chi connectivity index (χ1n) is 7.64. The SMILES string of the molecule is CCCCN(C)C(=O)Cc1csc(COc2ccc(Cl)cc2)n1. The number of ether oxygens (including phenoxy) is 1. The van der Waals surface area contributed by atoms with Gasteiger partial charge in [-0.2, -0.15) is 0 Å². The van der Waals surface area contributed by atoms with Gasteiger partial charge in [0, 0.05) is 24.0 Å². The largest absolute Gasteiger partial charge is 0.486 e. The van der Waals surface area contributed by atoms with Crippen LogP contribution in [0.4, 0.5) is 0 Å². The van der Waals surface area contributed by atoms with Gasteiger partial charge in [0.2, 0.25) is 5.91 Å². The molecule has 0 bridgehead atoms. The van der Waals surface area contributed by atoms with Crippen LogP contribution in [0.25, 0.3) is 0 Å². The van der Waals surface area contributed by atoms with Crippen molar-refractivity contribution < 1.29 is 9.53 Å². The second-order valence-electron chi connectivity index (χ2n) is 5.32. The van der Waals surface area contributed by atoms with Crippen LogP contribution in [0, 0.1) is 0 Å². The molecule has 0 spiro atoms. The molecule has 0 aliphatic rings. The number of likely N-dealkylation sites (N-methyl/N-ethyl adjacent to an activating group) is 1. The number of rotatable bonds is 8. The van der Waals surface area contributed by atoms with E-state index in [2.05, 4.69) is 11.9 Å². The number of hydrogen-bond donors (Lipinski definition) is 0. The van der Waals surface area contributed by atoms with E-state index in [4.69, 9.17) is 16.3 Å². The van der Waals surface area contributed by atoms with Crippen LogP contribution < -0.4 is 4.74 Å². The van der Waals surface area contributed by atoms with Crippen LogP contribution in [-0.4, -0.2) is 29.4 Å². The fourth-order valence-electron chi connectivity index (χ4n) is 1.98. The van der Waals surface area contributed by atoms with Gasteiger partial charge < -0.3 is 9.64 Å². The van der Waals surface area contributed by atoms with Crippen molar-refractivity contribution in [1.29, 1.82) is 0 Å². The van der Waals surface area contributed by atoms with Crippen LogP contribution in [0.1, 0.15) is 30.5 Å². The van der Waals surface area contributed by atoms with Crippen molar-refractivity contribution in [2.45, 2.75) is 32.8 Å². The molecule has 4 nitrogen and oxygen atoms in total. The summed E-state index contributed by atoms with van der Waals surface area (Å²) < 4.78 is 5.66. The van der Waals surface area contributed by atoms with Gasteiger partial charge >= 0.3 is 0 Å². The van der Waals surface area contributed by atoms with Gasteiger partial charge in [-0.15, -0.1) is 11.3 Å². The van der Waals surface area contributed by atoms with Crippen LogP contribution in [0.3, 0.4) is 0 Å². The number of aromatic nitrogens is 1. The lowest BCUT2D eigenvalue weighted by Crippen LogP contribution is -2.29. The predicted octanol–water partition coefficient (Wildman–Crippen LogP) is 4.18. The smallest absolute Gasteiger partial charge is 0.228 e. The Bertz CT molecular complexity index is 628. The fraction of sp³-hybridized carbons (Fsp3) is 0.412. The normalized spacial score (nSPS) is 10.6. The van der Waals surface area contributed by atoms with Gasteiger partial charge in [0.25, 0.3) is 0 Å². The predicted molar refractivity (Wildman–Crippen MR) is 94.1 cm³/mol. The zero-order valence-electron chi connectivity index (χ0n) is 13.4. The minimum atomic E-state index is 0.105. The molecule has 0 aliphatic carbocycles. The number of amides is 1. The van der Waals surface area contributed by atoms with Crippen molar-refractivity contribution in [3.05, 3.63) is 45.4 Å². The van der Waals surface area contributed by atoms with Gasteiger partial charge in [-0.1, -0.05) is 24.9 Å². The van der Waals surface area contributed by atoms with Gasteiger partial charge in [0.05, 0.1) is 12.1 Å². The Morgan fingerprint density at radius 1 is 1.35 bits per heavy atom. The van der Waals surface area contributed by atoms with E-state index >= 15 is 0 Å². The second-order valence-corrected chi connectivity index (χ2v) is 6.70. The molecule has 124 valence electrons. The van der Waals surface area contributed by atoms with Gasteiger partial charge in [0.1, 0.15) is 17.4 Å². The molecule has 0 atom stereocenters. The summed E-state index contributed by atoms with van der Waals surface area (Å²) in [6.07, 6.45) is 2.46. The second kappa shape index (κ2) is 8.89. The van der Waals surface area contributed by atoms with E-state index in [1.807, 2.05) is 24.6 Å². The summed E-state index contributed by atoms with van der Waals surface area (Å²) in [5.74, 6) is 0.857. The van der Waals surface area contributed by atoms with Crippen molar-refractivity contribution >= 4 is 28.8 Å². The average molecular weight is 353 g/mol. The minimum absolute atomic E-state index is 0.105. The molecule has 1 amide bonds. The van der Waals surface area contributed by atoms with E-state index in [0.29, 0.717) is 18.1 Å². The summed E-state index contributed by atoms with van der Waals surface area (Å²) in [5, 5.41) is 3.46. The van der Waals surface area contributed by atoms with E-state index in [-0.39, 0.29) is 5.91 Å². The number of hydrogen-bond acceptors (Lipinski definition) is 4. The number of halogens is 1. The van der Waals surface area contributed by atoms with E-state index in [1.54, 1.807) is 17.0 Å². The highest BCUT2D eigenvalue weighted by atomic mass is 35.5. The Morgan fingerprint density at radius 3 is 2.78 bits per heavy atom. The Labute approximate surface area is 146 Å². The molecular weight excluding hydrogens is 332 g/mol. The van der Waals surface area contributed by atoms with Crippen LogP contribution in [0.5, 0.6) is 5.75 Å². The van der Waals surface area contributed by atoms with Crippen molar-refractivity contribution in [2.24, 2.45) is 0 Å². The molecule has 1 heterocycles. The molecule has 0 aliphatic heterocycles. The third kappa shape index (κ3) is 5.84. The van der Waals surface area contributed by atoms with E-state index in [1.165, 1.54) is 11.3 Å². The van der Waals surface area contributed by atoms with Crippen molar-refractivity contribution in [3.63, 3.8) is 0 Å². The maximum atomic E-state index is 12.1. The van der Waals surface area contributed by atoms with Crippen molar-refractivity contribution in [2.75, 3.05) is 13.6 Å². The topological polar surface area (TPSA) is 42.4 Å². The Balaban J connectivity index is 1.83. The maximum Gasteiger partial charge on any atom is 0.228 e. The minimum Gasteiger partial charge on any atom is -0.486 e. The molecule has 2 aromatic rings. The number of benzene rings is 1. The first-order chi connectivity index (χ1) is 11.1. The fourth-order valence-corrected chi connectivity index (χ4v) is 2.81. The molecule has 6 heteroatoms. The number of carbonyl (C=O) groups is 1. The summed E-state index contributed by atoms with van der Waals surface area (Å²) in [6.45, 7) is 3.31. The molecule has 1 aromatic carbocycles. The molecule has 2 rings (SSSR count). The first kappa shape index (κ1) is 17.8. The number of carbonyl (C=O) groups excluding carboxylic acids is 1. The highest BCUT2D eigenvalue weighted by Gasteiger charge is 2.12. The standard InChI is InChI=1S/C17H21ClN2O2S/c1-3-4-9-20(2)17(21)10-14-12-23-16(19-14)11-22-15-7-5-13(18)6-8-15/h5-8,12H,3-4,9-11H2,1-2H3. The monoisotopic (exact) mass is 352 g/mol. The van der Waals surface area contributed by atoms with Crippen molar-refractivity contribution in [1.82, 2.24) is 9.88 Å². The van der Waals surface area contributed by atoms with Crippen LogP contribution in [0.15, 0.2) is 29.6 Å². The molecule has 1 aromatic heterocycles. The molecule has 0 N–H and O–H groups in total. The number of unbranched alkanes of at least 4 members (excludes halogenated alkanes) is 1. The molecule has 0 saturated carbocycles. The van der Waals surface area contributed by atoms with Gasteiger partial charge in [-0.25, -0.2) is 4.98 Å². The molecular formula is C17H21ClN2O2S. The summed E-state index contributed by atoms with van der Waals surface area (Å²) in [5.41, 5.74) is 0.804. The zero-order chi connectivity index (χ0) is 16.7. The van der Waals surface area contributed by atoms with E-state index in [0.717, 1.165) is 35.8 Å². The van der Waals surface area contributed by atoms with Crippen LogP contribution in [-0.2, 0) is 17.8 Å². The lowest BCUT2D eigenvalue weighted by molar-refractivity contribution is -0.129. The van der Waals surface area contributed by atoms with E-state index in [9.17, 15) is 4.79 Å². The Hall–Kier alpha value is -1.59. The summed E-state index contributed by atoms with van der Waals surface area (Å²) >= 11 is 7.35. The van der Waals surface area contributed by atoms with Gasteiger partial charge in [-0.05, 0) is 30.7 Å². The molecule has 23 heavy (non-hydrogen) atoms. The molecule has 0 radical (unpaired) electrons. The average Bonchev–Trinajstić information content (AvgIpc) is 2.99. The van der Waals surface area contributed by atoms with Gasteiger partial charge in [-0.3, -0.25) is 4.79 Å². The maximum absolute atomic E-state index is 12.1. The highest BCUT2D eigenvalue weighted by molar-refractivity contribution is 7.09. The number of thiazole rings is 1.